The van der Waals surface area contributed by atoms with Gasteiger partial charge in [0.25, 0.3) is 0 Å². The zero-order chi connectivity index (χ0) is 13.1. The third-order valence-electron chi connectivity index (χ3n) is 2.57. The van der Waals surface area contributed by atoms with Gasteiger partial charge >= 0.3 is 5.69 Å². The van der Waals surface area contributed by atoms with E-state index in [2.05, 4.69) is 20.5 Å². The van der Waals surface area contributed by atoms with Crippen LogP contribution in [0, 0.1) is 17.0 Å². The van der Waals surface area contributed by atoms with Crippen LogP contribution in [0.5, 0.6) is 0 Å². The number of H-pyrrole nitrogens is 1. The molecule has 0 fully saturated rings. The minimum absolute atomic E-state index is 0.0228. The maximum atomic E-state index is 10.9. The van der Waals surface area contributed by atoms with Crippen LogP contribution in [0.25, 0.3) is 0 Å². The van der Waals surface area contributed by atoms with E-state index in [0.29, 0.717) is 0 Å². The number of hydrogen-bond donors (Lipinski definition) is 2. The van der Waals surface area contributed by atoms with Crippen LogP contribution >= 0.6 is 0 Å². The SMILES string of the molecule is Cc1cnc(NC(C)c2cn[nH]c2)c([N+](=O)[O-])c1. The van der Waals surface area contributed by atoms with Crippen molar-refractivity contribution in [3.63, 3.8) is 0 Å². The molecule has 1 atom stereocenters. The van der Waals surface area contributed by atoms with Gasteiger partial charge in [0.15, 0.2) is 0 Å². The number of nitrogens with zero attached hydrogens (tertiary/aromatic N) is 3. The van der Waals surface area contributed by atoms with E-state index >= 15 is 0 Å². The Morgan fingerprint density at radius 1 is 1.50 bits per heavy atom. The van der Waals surface area contributed by atoms with Gasteiger partial charge in [-0.05, 0) is 19.4 Å². The number of anilines is 1. The molecule has 2 aromatic rings. The Hall–Kier alpha value is -2.44. The van der Waals surface area contributed by atoms with Gasteiger partial charge in [-0.2, -0.15) is 5.10 Å². The standard InChI is InChI=1S/C11H13N5O2/c1-7-3-10(16(17)18)11(12-4-7)15-8(2)9-5-13-14-6-9/h3-6,8H,1-2H3,(H,12,15)(H,13,14). The van der Waals surface area contributed by atoms with E-state index < -0.39 is 4.92 Å². The molecule has 94 valence electrons. The second kappa shape index (κ2) is 4.82. The zero-order valence-electron chi connectivity index (χ0n) is 10.0. The van der Waals surface area contributed by atoms with Crippen molar-refractivity contribution in [1.29, 1.82) is 0 Å². The highest BCUT2D eigenvalue weighted by Gasteiger charge is 2.18. The number of aromatic amines is 1. The summed E-state index contributed by atoms with van der Waals surface area (Å²) in [6.07, 6.45) is 4.99. The van der Waals surface area contributed by atoms with E-state index in [1.54, 1.807) is 25.5 Å². The van der Waals surface area contributed by atoms with Crippen molar-refractivity contribution >= 4 is 11.5 Å². The molecule has 0 saturated heterocycles. The van der Waals surface area contributed by atoms with Gasteiger partial charge in [0.05, 0.1) is 17.2 Å². The highest BCUT2D eigenvalue weighted by Crippen LogP contribution is 2.26. The minimum atomic E-state index is -0.440. The Morgan fingerprint density at radius 3 is 2.89 bits per heavy atom. The van der Waals surface area contributed by atoms with Crippen molar-refractivity contribution in [3.8, 4) is 0 Å². The molecule has 0 aliphatic carbocycles. The molecule has 7 nitrogen and oxygen atoms in total. The van der Waals surface area contributed by atoms with E-state index in [-0.39, 0.29) is 17.5 Å². The minimum Gasteiger partial charge on any atom is -0.358 e. The number of nitro groups is 1. The molecule has 0 saturated carbocycles. The average Bonchev–Trinajstić information content (AvgIpc) is 2.84. The Bertz CT molecular complexity index is 553. The zero-order valence-corrected chi connectivity index (χ0v) is 10.0. The van der Waals surface area contributed by atoms with Gasteiger partial charge in [0, 0.05) is 24.0 Å². The fourth-order valence-corrected chi connectivity index (χ4v) is 1.59. The summed E-state index contributed by atoms with van der Waals surface area (Å²) in [6, 6.07) is 1.38. The lowest BCUT2D eigenvalue weighted by Gasteiger charge is -2.12. The summed E-state index contributed by atoms with van der Waals surface area (Å²) in [6.45, 7) is 3.65. The molecule has 2 heterocycles. The van der Waals surface area contributed by atoms with Gasteiger partial charge in [-0.25, -0.2) is 4.98 Å². The summed E-state index contributed by atoms with van der Waals surface area (Å²) in [4.78, 5) is 14.6. The van der Waals surface area contributed by atoms with Gasteiger partial charge in [-0.1, -0.05) is 0 Å². The number of pyridine rings is 1. The third kappa shape index (κ3) is 2.45. The molecule has 0 aromatic carbocycles. The number of rotatable bonds is 4. The monoisotopic (exact) mass is 247 g/mol. The molecule has 18 heavy (non-hydrogen) atoms. The molecule has 0 amide bonds. The van der Waals surface area contributed by atoms with Gasteiger partial charge in [0.1, 0.15) is 0 Å². The molecule has 2 aromatic heterocycles. The van der Waals surface area contributed by atoms with Gasteiger partial charge < -0.3 is 5.32 Å². The predicted octanol–water partition coefficient (Wildman–Crippen LogP) is 2.19. The Balaban J connectivity index is 2.26. The first-order valence-corrected chi connectivity index (χ1v) is 5.44. The molecule has 0 spiro atoms. The molecule has 2 rings (SSSR count). The Morgan fingerprint density at radius 2 is 2.28 bits per heavy atom. The fourth-order valence-electron chi connectivity index (χ4n) is 1.59. The van der Waals surface area contributed by atoms with Gasteiger partial charge in [-0.15, -0.1) is 0 Å². The first-order chi connectivity index (χ1) is 8.58. The number of nitrogens with one attached hydrogen (secondary N) is 2. The van der Waals surface area contributed by atoms with Crippen LogP contribution in [0.2, 0.25) is 0 Å². The molecule has 0 bridgehead atoms. The molecule has 0 radical (unpaired) electrons. The average molecular weight is 247 g/mol. The summed E-state index contributed by atoms with van der Waals surface area (Å²) in [7, 11) is 0. The van der Waals surface area contributed by atoms with Gasteiger partial charge in [-0.3, -0.25) is 15.2 Å². The number of aromatic nitrogens is 3. The largest absolute Gasteiger partial charge is 0.358 e. The predicted molar refractivity (Wildman–Crippen MR) is 66.3 cm³/mol. The maximum Gasteiger partial charge on any atom is 0.311 e. The normalized spacial score (nSPS) is 12.1. The fraction of sp³-hybridized carbons (Fsp3) is 0.273. The van der Waals surface area contributed by atoms with Crippen LogP contribution in [0.15, 0.2) is 24.7 Å². The molecule has 2 N–H and O–H groups in total. The lowest BCUT2D eigenvalue weighted by Crippen LogP contribution is -2.09. The van der Waals surface area contributed by atoms with Crippen molar-refractivity contribution in [3.05, 3.63) is 45.9 Å². The van der Waals surface area contributed by atoms with E-state index in [1.165, 1.54) is 6.07 Å². The second-order valence-corrected chi connectivity index (χ2v) is 4.04. The smallest absolute Gasteiger partial charge is 0.311 e. The summed E-state index contributed by atoms with van der Waals surface area (Å²) in [5.74, 6) is 0.263. The van der Waals surface area contributed by atoms with Crippen molar-refractivity contribution in [1.82, 2.24) is 15.2 Å². The molecular formula is C11H13N5O2. The maximum absolute atomic E-state index is 10.9. The Labute approximate surface area is 103 Å². The third-order valence-corrected chi connectivity index (χ3v) is 2.57. The summed E-state index contributed by atoms with van der Waals surface area (Å²) in [5.41, 5.74) is 1.64. The van der Waals surface area contributed by atoms with Crippen LogP contribution in [-0.2, 0) is 0 Å². The quantitative estimate of drug-likeness (QED) is 0.637. The summed E-state index contributed by atoms with van der Waals surface area (Å²) >= 11 is 0. The van der Waals surface area contributed by atoms with Crippen molar-refractivity contribution in [2.75, 3.05) is 5.32 Å². The number of aryl methyl sites for hydroxylation is 1. The van der Waals surface area contributed by atoms with Gasteiger partial charge in [0.2, 0.25) is 5.82 Å². The van der Waals surface area contributed by atoms with Crippen LogP contribution in [0.3, 0.4) is 0 Å². The highest BCUT2D eigenvalue weighted by molar-refractivity contribution is 5.57. The van der Waals surface area contributed by atoms with Crippen LogP contribution in [0.4, 0.5) is 11.5 Å². The van der Waals surface area contributed by atoms with Crippen LogP contribution in [0.1, 0.15) is 24.1 Å². The lowest BCUT2D eigenvalue weighted by molar-refractivity contribution is -0.384. The van der Waals surface area contributed by atoms with E-state index in [0.717, 1.165) is 11.1 Å². The second-order valence-electron chi connectivity index (χ2n) is 4.04. The number of hydrogen-bond acceptors (Lipinski definition) is 5. The summed E-state index contributed by atoms with van der Waals surface area (Å²) < 4.78 is 0. The highest BCUT2D eigenvalue weighted by atomic mass is 16.6. The Kier molecular flexibility index (Phi) is 3.22. The van der Waals surface area contributed by atoms with Crippen molar-refractivity contribution in [2.45, 2.75) is 19.9 Å². The first kappa shape index (κ1) is 12.0. The first-order valence-electron chi connectivity index (χ1n) is 5.44. The van der Waals surface area contributed by atoms with E-state index in [4.69, 9.17) is 0 Å². The molecular weight excluding hydrogens is 234 g/mol. The van der Waals surface area contributed by atoms with E-state index in [9.17, 15) is 10.1 Å². The molecule has 1 unspecified atom stereocenters. The summed E-state index contributed by atoms with van der Waals surface area (Å²) in [5, 5.41) is 20.5. The lowest BCUT2D eigenvalue weighted by atomic mass is 10.2. The van der Waals surface area contributed by atoms with Crippen molar-refractivity contribution in [2.24, 2.45) is 0 Å². The molecule has 0 aliphatic rings. The topological polar surface area (TPSA) is 96.7 Å². The molecule has 0 aliphatic heterocycles. The molecule has 7 heteroatoms. The van der Waals surface area contributed by atoms with E-state index in [1.807, 2.05) is 6.92 Å². The van der Waals surface area contributed by atoms with Crippen LogP contribution < -0.4 is 5.32 Å². The van der Waals surface area contributed by atoms with Crippen LogP contribution in [-0.4, -0.2) is 20.1 Å². The van der Waals surface area contributed by atoms with Crippen molar-refractivity contribution < 1.29 is 4.92 Å².